The monoisotopic (exact) mass is 450 g/mol. The molecule has 1 N–H and O–H groups in total. The largest absolute Gasteiger partial charge is 0.491 e. The SMILES string of the molecule is Cc1ccc(-c2csc3nc(SCC(=O)c4ccc(OC(C)C)cc4)[nH]c(=O)c23)cc1. The van der Waals surface area contributed by atoms with Crippen molar-refractivity contribution in [3.05, 3.63) is 75.4 Å². The van der Waals surface area contributed by atoms with Crippen LogP contribution in [-0.2, 0) is 0 Å². The van der Waals surface area contributed by atoms with Gasteiger partial charge in [0.05, 0.1) is 17.2 Å². The predicted molar refractivity (Wildman–Crippen MR) is 128 cm³/mol. The minimum atomic E-state index is -0.188. The van der Waals surface area contributed by atoms with Crippen molar-refractivity contribution in [1.82, 2.24) is 9.97 Å². The zero-order chi connectivity index (χ0) is 22.0. The molecule has 0 unspecified atom stereocenters. The second-order valence-electron chi connectivity index (χ2n) is 7.47. The van der Waals surface area contributed by atoms with Crippen LogP contribution in [0.4, 0.5) is 0 Å². The Balaban J connectivity index is 1.50. The third-order valence-electron chi connectivity index (χ3n) is 4.67. The molecular formula is C24H22N2O3S2. The van der Waals surface area contributed by atoms with E-state index in [0.29, 0.717) is 20.9 Å². The molecule has 2 heterocycles. The molecule has 0 aliphatic heterocycles. The minimum absolute atomic E-state index is 0.0321. The van der Waals surface area contributed by atoms with E-state index >= 15 is 0 Å². The van der Waals surface area contributed by atoms with Gasteiger partial charge in [-0.05, 0) is 50.6 Å². The van der Waals surface area contributed by atoms with Crippen LogP contribution >= 0.6 is 23.1 Å². The van der Waals surface area contributed by atoms with Gasteiger partial charge in [0.1, 0.15) is 10.6 Å². The number of nitrogens with one attached hydrogen (secondary N) is 1. The van der Waals surface area contributed by atoms with Crippen molar-refractivity contribution >= 4 is 39.1 Å². The normalized spacial score (nSPS) is 11.2. The fourth-order valence-corrected chi connectivity index (χ4v) is 4.91. The molecule has 4 rings (SSSR count). The van der Waals surface area contributed by atoms with E-state index in [1.165, 1.54) is 28.7 Å². The van der Waals surface area contributed by atoms with Crippen molar-refractivity contribution < 1.29 is 9.53 Å². The highest BCUT2D eigenvalue weighted by Crippen LogP contribution is 2.31. The van der Waals surface area contributed by atoms with Gasteiger partial charge in [-0.3, -0.25) is 9.59 Å². The lowest BCUT2D eigenvalue weighted by Crippen LogP contribution is -2.10. The molecule has 0 radical (unpaired) electrons. The van der Waals surface area contributed by atoms with Crippen LogP contribution in [0.5, 0.6) is 5.75 Å². The molecule has 2 aromatic carbocycles. The maximum Gasteiger partial charge on any atom is 0.260 e. The number of aromatic amines is 1. The van der Waals surface area contributed by atoms with Crippen LogP contribution in [0.25, 0.3) is 21.3 Å². The summed E-state index contributed by atoms with van der Waals surface area (Å²) in [6.07, 6.45) is 0.0821. The number of ketones is 1. The average Bonchev–Trinajstić information content (AvgIpc) is 3.17. The molecule has 2 aromatic heterocycles. The Morgan fingerprint density at radius 2 is 1.84 bits per heavy atom. The fraction of sp³-hybridized carbons (Fsp3) is 0.208. The number of rotatable bonds is 7. The quantitative estimate of drug-likeness (QED) is 0.221. The smallest absolute Gasteiger partial charge is 0.260 e. The van der Waals surface area contributed by atoms with Crippen molar-refractivity contribution in [2.75, 3.05) is 5.75 Å². The van der Waals surface area contributed by atoms with E-state index in [4.69, 9.17) is 4.74 Å². The van der Waals surface area contributed by atoms with E-state index in [1.807, 2.05) is 50.4 Å². The van der Waals surface area contributed by atoms with Crippen molar-refractivity contribution in [3.63, 3.8) is 0 Å². The van der Waals surface area contributed by atoms with Crippen LogP contribution in [0.15, 0.2) is 63.9 Å². The molecule has 0 aliphatic rings. The number of hydrogen-bond acceptors (Lipinski definition) is 6. The second kappa shape index (κ2) is 9.08. The summed E-state index contributed by atoms with van der Waals surface area (Å²) in [6, 6.07) is 15.2. The molecule has 0 aliphatic carbocycles. The number of aromatic nitrogens is 2. The number of Topliss-reactive ketones (excluding diaryl/α,β-unsaturated/α-hetero) is 1. The van der Waals surface area contributed by atoms with Crippen LogP contribution < -0.4 is 10.3 Å². The lowest BCUT2D eigenvalue weighted by atomic mass is 10.1. The first-order valence-corrected chi connectivity index (χ1v) is 11.8. The summed E-state index contributed by atoms with van der Waals surface area (Å²) < 4.78 is 5.61. The van der Waals surface area contributed by atoms with Gasteiger partial charge >= 0.3 is 0 Å². The Bertz CT molecular complexity index is 1270. The fourth-order valence-electron chi connectivity index (χ4n) is 3.15. The van der Waals surface area contributed by atoms with Gasteiger partial charge in [-0.15, -0.1) is 11.3 Å². The maximum atomic E-state index is 12.8. The number of aryl methyl sites for hydroxylation is 1. The third kappa shape index (κ3) is 4.89. The van der Waals surface area contributed by atoms with Crippen LogP contribution in [0, 0.1) is 6.92 Å². The first-order valence-electron chi connectivity index (χ1n) is 9.92. The number of fused-ring (bicyclic) bond motifs is 1. The third-order valence-corrected chi connectivity index (χ3v) is 6.42. The van der Waals surface area contributed by atoms with Gasteiger partial charge in [0.25, 0.3) is 5.56 Å². The summed E-state index contributed by atoms with van der Waals surface area (Å²) in [5.74, 6) is 0.891. The summed E-state index contributed by atoms with van der Waals surface area (Å²) >= 11 is 2.67. The number of ether oxygens (including phenoxy) is 1. The van der Waals surface area contributed by atoms with Gasteiger partial charge in [0.15, 0.2) is 10.9 Å². The Kier molecular flexibility index (Phi) is 6.25. The zero-order valence-corrected chi connectivity index (χ0v) is 19.1. The highest BCUT2D eigenvalue weighted by Gasteiger charge is 2.14. The Morgan fingerprint density at radius 1 is 1.13 bits per heavy atom. The van der Waals surface area contributed by atoms with Gasteiger partial charge < -0.3 is 9.72 Å². The number of nitrogens with zero attached hydrogens (tertiary/aromatic N) is 1. The van der Waals surface area contributed by atoms with Crippen molar-refractivity contribution in [1.29, 1.82) is 0 Å². The van der Waals surface area contributed by atoms with Gasteiger partial charge in [-0.1, -0.05) is 41.6 Å². The predicted octanol–water partition coefficient (Wildman–Crippen LogP) is 5.72. The average molecular weight is 451 g/mol. The number of H-pyrrole nitrogens is 1. The topological polar surface area (TPSA) is 72.0 Å². The highest BCUT2D eigenvalue weighted by molar-refractivity contribution is 7.99. The number of carbonyl (C=O) groups is 1. The summed E-state index contributed by atoms with van der Waals surface area (Å²) in [5, 5.41) is 2.99. The molecule has 0 fully saturated rings. The summed E-state index contributed by atoms with van der Waals surface area (Å²) in [4.78, 5) is 33.4. The molecule has 0 amide bonds. The molecule has 7 heteroatoms. The molecule has 4 aromatic rings. The van der Waals surface area contributed by atoms with E-state index in [0.717, 1.165) is 16.9 Å². The van der Waals surface area contributed by atoms with Crippen LogP contribution in [0.1, 0.15) is 29.8 Å². The molecule has 0 saturated heterocycles. The Labute approximate surface area is 188 Å². The number of hydrogen-bond donors (Lipinski definition) is 1. The van der Waals surface area contributed by atoms with E-state index in [1.54, 1.807) is 24.3 Å². The summed E-state index contributed by atoms with van der Waals surface area (Å²) in [5.41, 5.74) is 3.45. The number of thioether (sulfide) groups is 1. The molecule has 0 bridgehead atoms. The first kappa shape index (κ1) is 21.3. The Hall–Kier alpha value is -2.90. The molecular weight excluding hydrogens is 428 g/mol. The van der Waals surface area contributed by atoms with Gasteiger partial charge in [-0.2, -0.15) is 0 Å². The van der Waals surface area contributed by atoms with Crippen LogP contribution in [-0.4, -0.2) is 27.6 Å². The van der Waals surface area contributed by atoms with Crippen molar-refractivity contribution in [2.45, 2.75) is 32.0 Å². The van der Waals surface area contributed by atoms with Crippen LogP contribution in [0.3, 0.4) is 0 Å². The number of benzene rings is 2. The molecule has 0 saturated carbocycles. The number of carbonyl (C=O) groups excluding carboxylic acids is 1. The lowest BCUT2D eigenvalue weighted by molar-refractivity contribution is 0.102. The second-order valence-corrected chi connectivity index (χ2v) is 9.29. The highest BCUT2D eigenvalue weighted by atomic mass is 32.2. The lowest BCUT2D eigenvalue weighted by Gasteiger charge is -2.09. The summed E-state index contributed by atoms with van der Waals surface area (Å²) in [6.45, 7) is 5.94. The van der Waals surface area contributed by atoms with Gasteiger partial charge in [0.2, 0.25) is 0 Å². The van der Waals surface area contributed by atoms with Crippen molar-refractivity contribution in [3.8, 4) is 16.9 Å². The van der Waals surface area contributed by atoms with E-state index in [-0.39, 0.29) is 23.2 Å². The standard InChI is InChI=1S/C24H22N2O3S2/c1-14(2)29-18-10-8-17(9-11-18)20(27)13-31-24-25-22(28)21-19(12-30-23(21)26-24)16-6-4-15(3)5-7-16/h4-12,14H,13H2,1-3H3,(H,25,26,28). The minimum Gasteiger partial charge on any atom is -0.491 e. The number of thiophene rings is 1. The summed E-state index contributed by atoms with van der Waals surface area (Å²) in [7, 11) is 0. The maximum absolute atomic E-state index is 12.8. The van der Waals surface area contributed by atoms with E-state index < -0.39 is 0 Å². The van der Waals surface area contributed by atoms with E-state index in [9.17, 15) is 9.59 Å². The molecule has 158 valence electrons. The first-order chi connectivity index (χ1) is 14.9. The van der Waals surface area contributed by atoms with Gasteiger partial charge in [-0.25, -0.2) is 4.98 Å². The van der Waals surface area contributed by atoms with Gasteiger partial charge in [0, 0.05) is 16.5 Å². The van der Waals surface area contributed by atoms with Crippen LogP contribution in [0.2, 0.25) is 0 Å². The molecule has 0 spiro atoms. The Morgan fingerprint density at radius 3 is 2.52 bits per heavy atom. The molecule has 31 heavy (non-hydrogen) atoms. The van der Waals surface area contributed by atoms with Crippen molar-refractivity contribution in [2.24, 2.45) is 0 Å². The molecule has 5 nitrogen and oxygen atoms in total. The van der Waals surface area contributed by atoms with E-state index in [2.05, 4.69) is 9.97 Å². The molecule has 0 atom stereocenters. The zero-order valence-electron chi connectivity index (χ0n) is 17.5.